The van der Waals surface area contributed by atoms with E-state index < -0.39 is 11.9 Å². The molecule has 0 radical (unpaired) electrons. The smallest absolute Gasteiger partial charge is 0.307 e. The van der Waals surface area contributed by atoms with Gasteiger partial charge in [-0.05, 0) is 52.2 Å². The summed E-state index contributed by atoms with van der Waals surface area (Å²) in [7, 11) is 0. The highest BCUT2D eigenvalue weighted by Gasteiger charge is 2.19. The van der Waals surface area contributed by atoms with Crippen molar-refractivity contribution < 1.29 is 9.90 Å². The highest BCUT2D eigenvalue weighted by atomic mass is 79.9. The maximum absolute atomic E-state index is 11.4. The Hall–Kier alpha value is -1.20. The summed E-state index contributed by atoms with van der Waals surface area (Å²) in [4.78, 5) is 15.7. The Bertz CT molecular complexity index is 599. The molecule has 5 heteroatoms. The van der Waals surface area contributed by atoms with Crippen molar-refractivity contribution in [2.45, 2.75) is 12.8 Å². The number of halogens is 2. The monoisotopic (exact) mass is 397 g/mol. The van der Waals surface area contributed by atoms with Gasteiger partial charge in [0.2, 0.25) is 0 Å². The zero-order valence-corrected chi connectivity index (χ0v) is 13.8. The van der Waals surface area contributed by atoms with Crippen LogP contribution in [0.1, 0.15) is 11.3 Å². The quantitative estimate of drug-likeness (QED) is 0.824. The number of nitrogens with zero attached hydrogens (tertiary/aromatic N) is 1. The van der Waals surface area contributed by atoms with Crippen LogP contribution in [-0.4, -0.2) is 16.1 Å². The molecule has 0 aliphatic heterocycles. The molecule has 1 N–H and O–H groups in total. The second kappa shape index (κ2) is 6.99. The number of benzene rings is 1. The lowest BCUT2D eigenvalue weighted by atomic mass is 9.95. The molecule has 0 bridgehead atoms. The SMILES string of the molecule is O=C(O)C(Cc1cccc(Br)c1)Cc1ccc(Br)cn1. The van der Waals surface area contributed by atoms with Crippen LogP contribution in [0.4, 0.5) is 0 Å². The molecule has 0 saturated carbocycles. The summed E-state index contributed by atoms with van der Waals surface area (Å²) in [6.45, 7) is 0. The van der Waals surface area contributed by atoms with Gasteiger partial charge in [-0.15, -0.1) is 0 Å². The number of carboxylic acid groups (broad SMARTS) is 1. The zero-order chi connectivity index (χ0) is 14.5. The van der Waals surface area contributed by atoms with Crippen LogP contribution in [0.2, 0.25) is 0 Å². The first-order valence-electron chi connectivity index (χ1n) is 6.12. The lowest BCUT2D eigenvalue weighted by molar-refractivity contribution is -0.141. The Kier molecular flexibility index (Phi) is 5.31. The van der Waals surface area contributed by atoms with Gasteiger partial charge in [-0.25, -0.2) is 0 Å². The number of aliphatic carboxylic acids is 1. The third-order valence-corrected chi connectivity index (χ3v) is 3.93. The molecule has 20 heavy (non-hydrogen) atoms. The average Bonchev–Trinajstić information content (AvgIpc) is 2.40. The predicted molar refractivity (Wildman–Crippen MR) is 84.6 cm³/mol. The Morgan fingerprint density at radius 2 is 1.95 bits per heavy atom. The van der Waals surface area contributed by atoms with Crippen LogP contribution in [0.15, 0.2) is 51.5 Å². The molecule has 1 atom stereocenters. The molecule has 0 fully saturated rings. The van der Waals surface area contributed by atoms with E-state index in [1.807, 2.05) is 36.4 Å². The van der Waals surface area contributed by atoms with Crippen LogP contribution in [-0.2, 0) is 17.6 Å². The summed E-state index contributed by atoms with van der Waals surface area (Å²) in [6.07, 6.45) is 2.61. The molecule has 0 saturated heterocycles. The van der Waals surface area contributed by atoms with E-state index >= 15 is 0 Å². The second-order valence-corrected chi connectivity index (χ2v) is 6.37. The van der Waals surface area contributed by atoms with Crippen LogP contribution < -0.4 is 0 Å². The van der Waals surface area contributed by atoms with E-state index in [0.29, 0.717) is 12.8 Å². The maximum Gasteiger partial charge on any atom is 0.307 e. The van der Waals surface area contributed by atoms with Crippen molar-refractivity contribution in [1.29, 1.82) is 0 Å². The number of aromatic nitrogens is 1. The zero-order valence-electron chi connectivity index (χ0n) is 10.6. The van der Waals surface area contributed by atoms with Crippen molar-refractivity contribution in [3.63, 3.8) is 0 Å². The van der Waals surface area contributed by atoms with Crippen molar-refractivity contribution in [1.82, 2.24) is 4.98 Å². The molecule has 0 amide bonds. The van der Waals surface area contributed by atoms with E-state index in [-0.39, 0.29) is 0 Å². The van der Waals surface area contributed by atoms with Crippen molar-refractivity contribution in [2.24, 2.45) is 5.92 Å². The van der Waals surface area contributed by atoms with Crippen LogP contribution in [0, 0.1) is 5.92 Å². The van der Waals surface area contributed by atoms with Gasteiger partial charge in [0.15, 0.2) is 0 Å². The van der Waals surface area contributed by atoms with E-state index in [1.54, 1.807) is 6.20 Å². The standard InChI is InChI=1S/C15H13Br2NO2/c16-12-3-1-2-10(7-12)6-11(15(19)20)8-14-5-4-13(17)9-18-14/h1-5,7,9,11H,6,8H2,(H,19,20). The van der Waals surface area contributed by atoms with Crippen LogP contribution in [0.5, 0.6) is 0 Å². The molecule has 1 aromatic heterocycles. The summed E-state index contributed by atoms with van der Waals surface area (Å²) in [5, 5.41) is 9.37. The van der Waals surface area contributed by atoms with Crippen molar-refractivity contribution >= 4 is 37.8 Å². The number of carboxylic acids is 1. The van der Waals surface area contributed by atoms with Gasteiger partial charge in [-0.2, -0.15) is 0 Å². The van der Waals surface area contributed by atoms with E-state index in [0.717, 1.165) is 20.2 Å². The van der Waals surface area contributed by atoms with Gasteiger partial charge < -0.3 is 5.11 Å². The number of hydrogen-bond donors (Lipinski definition) is 1. The molecule has 1 aromatic carbocycles. The highest BCUT2D eigenvalue weighted by Crippen LogP contribution is 2.18. The molecule has 2 rings (SSSR count). The first-order valence-corrected chi connectivity index (χ1v) is 7.71. The molecule has 3 nitrogen and oxygen atoms in total. The Morgan fingerprint density at radius 1 is 1.15 bits per heavy atom. The Morgan fingerprint density at radius 3 is 2.55 bits per heavy atom. The summed E-state index contributed by atoms with van der Waals surface area (Å²) < 4.78 is 1.85. The van der Waals surface area contributed by atoms with Gasteiger partial charge in [0, 0.05) is 27.3 Å². The van der Waals surface area contributed by atoms with E-state index in [9.17, 15) is 9.90 Å². The molecule has 2 aromatic rings. The fourth-order valence-electron chi connectivity index (χ4n) is 1.97. The van der Waals surface area contributed by atoms with Crippen molar-refractivity contribution in [3.8, 4) is 0 Å². The first kappa shape index (κ1) is 15.2. The molecule has 0 aliphatic carbocycles. The van der Waals surface area contributed by atoms with E-state index in [4.69, 9.17) is 0 Å². The fraction of sp³-hybridized carbons (Fsp3) is 0.200. The lowest BCUT2D eigenvalue weighted by Crippen LogP contribution is -2.19. The van der Waals surface area contributed by atoms with Gasteiger partial charge in [-0.1, -0.05) is 28.1 Å². The minimum atomic E-state index is -0.797. The molecule has 0 aliphatic rings. The molecule has 0 spiro atoms. The third-order valence-electron chi connectivity index (χ3n) is 2.96. The minimum Gasteiger partial charge on any atom is -0.481 e. The van der Waals surface area contributed by atoms with Gasteiger partial charge in [-0.3, -0.25) is 9.78 Å². The first-order chi connectivity index (χ1) is 9.54. The molecular formula is C15H13Br2NO2. The third kappa shape index (κ3) is 4.42. The second-order valence-electron chi connectivity index (χ2n) is 4.54. The van der Waals surface area contributed by atoms with E-state index in [1.165, 1.54) is 0 Å². The topological polar surface area (TPSA) is 50.2 Å². The molecule has 104 valence electrons. The predicted octanol–water partition coefficient (Wildman–Crippen LogP) is 4.09. The number of carbonyl (C=O) groups is 1. The summed E-state index contributed by atoms with van der Waals surface area (Å²) in [6, 6.07) is 11.5. The summed E-state index contributed by atoms with van der Waals surface area (Å²) >= 11 is 6.72. The van der Waals surface area contributed by atoms with E-state index in [2.05, 4.69) is 36.8 Å². The van der Waals surface area contributed by atoms with Crippen molar-refractivity contribution in [2.75, 3.05) is 0 Å². The maximum atomic E-state index is 11.4. The Balaban J connectivity index is 2.11. The normalized spacial score (nSPS) is 12.1. The fourth-order valence-corrected chi connectivity index (χ4v) is 2.66. The summed E-state index contributed by atoms with van der Waals surface area (Å²) in [5.74, 6) is -1.27. The van der Waals surface area contributed by atoms with Crippen LogP contribution >= 0.6 is 31.9 Å². The number of pyridine rings is 1. The van der Waals surface area contributed by atoms with Crippen molar-refractivity contribution in [3.05, 3.63) is 62.8 Å². The molecule has 1 unspecified atom stereocenters. The van der Waals surface area contributed by atoms with Gasteiger partial charge >= 0.3 is 5.97 Å². The Labute approximate surface area is 134 Å². The van der Waals surface area contributed by atoms with Crippen LogP contribution in [0.25, 0.3) is 0 Å². The summed E-state index contributed by atoms with van der Waals surface area (Å²) in [5.41, 5.74) is 1.79. The molecule has 1 heterocycles. The van der Waals surface area contributed by atoms with Gasteiger partial charge in [0.1, 0.15) is 0 Å². The number of rotatable bonds is 5. The largest absolute Gasteiger partial charge is 0.481 e. The average molecular weight is 399 g/mol. The van der Waals surface area contributed by atoms with Gasteiger partial charge in [0.25, 0.3) is 0 Å². The van der Waals surface area contributed by atoms with Gasteiger partial charge in [0.05, 0.1) is 5.92 Å². The number of hydrogen-bond acceptors (Lipinski definition) is 2. The van der Waals surface area contributed by atoms with Crippen LogP contribution in [0.3, 0.4) is 0 Å². The minimum absolute atomic E-state index is 0.426. The highest BCUT2D eigenvalue weighted by molar-refractivity contribution is 9.10. The molecular weight excluding hydrogens is 386 g/mol. The lowest BCUT2D eigenvalue weighted by Gasteiger charge is -2.12.